The number of aryl methyl sites for hydroxylation is 1. The molecule has 1 atom stereocenters. The summed E-state index contributed by atoms with van der Waals surface area (Å²) < 4.78 is 0. The van der Waals surface area contributed by atoms with Crippen molar-refractivity contribution in [1.29, 1.82) is 0 Å². The minimum atomic E-state index is 0.583. The molecule has 0 aliphatic heterocycles. The Labute approximate surface area is 113 Å². The molecule has 0 spiro atoms. The van der Waals surface area contributed by atoms with Crippen LogP contribution in [0.1, 0.15) is 64.9 Å². The highest BCUT2D eigenvalue weighted by atomic mass is 14.9. The summed E-state index contributed by atoms with van der Waals surface area (Å²) in [6, 6.07) is 9.35. The van der Waals surface area contributed by atoms with Crippen LogP contribution in [0.3, 0.4) is 0 Å². The Morgan fingerprint density at radius 1 is 1.00 bits per heavy atom. The first kappa shape index (κ1) is 15.1. The Kier molecular flexibility index (Phi) is 7.55. The van der Waals surface area contributed by atoms with E-state index in [9.17, 15) is 0 Å². The molecule has 0 saturated heterocycles. The Hall–Kier alpha value is -0.980. The summed E-state index contributed by atoms with van der Waals surface area (Å²) in [6.07, 6.45) is 9.01. The summed E-state index contributed by atoms with van der Waals surface area (Å²) in [6.45, 7) is 6.81. The van der Waals surface area contributed by atoms with Gasteiger partial charge < -0.3 is 5.32 Å². The maximum Gasteiger partial charge on any atom is 0.0374 e. The van der Waals surface area contributed by atoms with Gasteiger partial charge in [0.1, 0.15) is 0 Å². The van der Waals surface area contributed by atoms with Crippen LogP contribution >= 0.6 is 0 Å². The van der Waals surface area contributed by atoms with Crippen LogP contribution < -0.4 is 5.32 Å². The lowest BCUT2D eigenvalue weighted by molar-refractivity contribution is 0.614. The van der Waals surface area contributed by atoms with Gasteiger partial charge in [0.2, 0.25) is 0 Å². The van der Waals surface area contributed by atoms with Gasteiger partial charge in [0.15, 0.2) is 0 Å². The summed E-state index contributed by atoms with van der Waals surface area (Å²) in [7, 11) is 0. The average Bonchev–Trinajstić information content (AvgIpc) is 2.38. The van der Waals surface area contributed by atoms with Crippen molar-refractivity contribution >= 4 is 5.69 Å². The predicted molar refractivity (Wildman–Crippen MR) is 82.3 cm³/mol. The highest BCUT2D eigenvalue weighted by Crippen LogP contribution is 2.19. The van der Waals surface area contributed by atoms with Crippen LogP contribution in [0, 0.1) is 0 Å². The lowest BCUT2D eigenvalue weighted by Gasteiger charge is -2.18. The van der Waals surface area contributed by atoms with Gasteiger partial charge in [0.05, 0.1) is 0 Å². The van der Waals surface area contributed by atoms with E-state index in [0.29, 0.717) is 6.04 Å². The van der Waals surface area contributed by atoms with Crippen molar-refractivity contribution in [3.8, 4) is 0 Å². The molecule has 0 aliphatic carbocycles. The molecular weight excluding hydrogens is 218 g/mol. The van der Waals surface area contributed by atoms with Crippen molar-refractivity contribution in [3.05, 3.63) is 29.8 Å². The maximum atomic E-state index is 3.68. The summed E-state index contributed by atoms with van der Waals surface area (Å²) >= 11 is 0. The number of unbranched alkanes of at least 4 members (excludes halogenated alkanes) is 3. The topological polar surface area (TPSA) is 12.0 Å². The standard InChI is InChI=1S/C17H29N/c1-4-6-8-11-15(3)18-17-14-10-9-13-16(17)12-7-5-2/h9-10,13-15,18H,4-8,11-12H2,1-3H3. The van der Waals surface area contributed by atoms with E-state index >= 15 is 0 Å². The Morgan fingerprint density at radius 3 is 2.44 bits per heavy atom. The molecular formula is C17H29N. The quantitative estimate of drug-likeness (QED) is 0.575. The van der Waals surface area contributed by atoms with Crippen LogP contribution in [0.2, 0.25) is 0 Å². The molecule has 1 unspecified atom stereocenters. The van der Waals surface area contributed by atoms with E-state index in [1.54, 1.807) is 0 Å². The van der Waals surface area contributed by atoms with Gasteiger partial charge in [-0.1, -0.05) is 57.7 Å². The number of hydrogen-bond acceptors (Lipinski definition) is 1. The van der Waals surface area contributed by atoms with E-state index in [1.165, 1.54) is 56.2 Å². The van der Waals surface area contributed by atoms with Crippen LogP contribution in [0.25, 0.3) is 0 Å². The zero-order chi connectivity index (χ0) is 13.2. The smallest absolute Gasteiger partial charge is 0.0374 e. The molecule has 0 saturated carbocycles. The fraction of sp³-hybridized carbons (Fsp3) is 0.647. The van der Waals surface area contributed by atoms with E-state index < -0.39 is 0 Å². The van der Waals surface area contributed by atoms with Crippen molar-refractivity contribution in [2.24, 2.45) is 0 Å². The number of hydrogen-bond donors (Lipinski definition) is 1. The van der Waals surface area contributed by atoms with Gasteiger partial charge in [-0.15, -0.1) is 0 Å². The second-order valence-electron chi connectivity index (χ2n) is 5.30. The average molecular weight is 247 g/mol. The monoisotopic (exact) mass is 247 g/mol. The van der Waals surface area contributed by atoms with Gasteiger partial charge in [0.25, 0.3) is 0 Å². The zero-order valence-electron chi connectivity index (χ0n) is 12.3. The molecule has 1 nitrogen and oxygen atoms in total. The number of benzene rings is 1. The molecule has 0 aromatic heterocycles. The molecule has 0 heterocycles. The number of rotatable bonds is 9. The van der Waals surface area contributed by atoms with Crippen molar-refractivity contribution in [1.82, 2.24) is 0 Å². The van der Waals surface area contributed by atoms with Crippen molar-refractivity contribution in [2.45, 2.75) is 71.8 Å². The first-order chi connectivity index (χ1) is 8.77. The molecule has 18 heavy (non-hydrogen) atoms. The highest BCUT2D eigenvalue weighted by molar-refractivity contribution is 5.51. The van der Waals surface area contributed by atoms with Gasteiger partial charge in [-0.05, 0) is 37.8 Å². The van der Waals surface area contributed by atoms with Gasteiger partial charge in [0, 0.05) is 11.7 Å². The minimum absolute atomic E-state index is 0.583. The number of nitrogens with one attached hydrogen (secondary N) is 1. The molecule has 1 aromatic carbocycles. The molecule has 0 bridgehead atoms. The third kappa shape index (κ3) is 5.57. The van der Waals surface area contributed by atoms with Gasteiger partial charge in [-0.2, -0.15) is 0 Å². The SMILES string of the molecule is CCCCCC(C)Nc1ccccc1CCCC. The summed E-state index contributed by atoms with van der Waals surface area (Å²) in [5, 5.41) is 3.68. The molecule has 0 radical (unpaired) electrons. The van der Waals surface area contributed by atoms with E-state index in [0.717, 1.165) is 0 Å². The van der Waals surface area contributed by atoms with Crippen LogP contribution in [0.15, 0.2) is 24.3 Å². The summed E-state index contributed by atoms with van der Waals surface area (Å²) in [5.41, 5.74) is 2.82. The number of para-hydroxylation sites is 1. The first-order valence-corrected chi connectivity index (χ1v) is 7.62. The lowest BCUT2D eigenvalue weighted by atomic mass is 10.0. The van der Waals surface area contributed by atoms with Gasteiger partial charge >= 0.3 is 0 Å². The second-order valence-corrected chi connectivity index (χ2v) is 5.30. The van der Waals surface area contributed by atoms with E-state index in [4.69, 9.17) is 0 Å². The van der Waals surface area contributed by atoms with Crippen LogP contribution in [0.4, 0.5) is 5.69 Å². The maximum absolute atomic E-state index is 3.68. The fourth-order valence-electron chi connectivity index (χ4n) is 2.28. The molecule has 102 valence electrons. The van der Waals surface area contributed by atoms with Gasteiger partial charge in [-0.3, -0.25) is 0 Å². The molecule has 0 aliphatic rings. The molecule has 0 amide bonds. The molecule has 1 aromatic rings. The Balaban J connectivity index is 2.49. The lowest BCUT2D eigenvalue weighted by Crippen LogP contribution is -2.16. The van der Waals surface area contributed by atoms with E-state index in [2.05, 4.69) is 50.4 Å². The van der Waals surface area contributed by atoms with Gasteiger partial charge in [-0.25, -0.2) is 0 Å². The van der Waals surface area contributed by atoms with E-state index in [-0.39, 0.29) is 0 Å². The fourth-order valence-corrected chi connectivity index (χ4v) is 2.28. The van der Waals surface area contributed by atoms with Crippen LogP contribution in [-0.2, 0) is 6.42 Å². The zero-order valence-corrected chi connectivity index (χ0v) is 12.3. The van der Waals surface area contributed by atoms with E-state index in [1.807, 2.05) is 0 Å². The predicted octanol–water partition coefficient (Wildman–Crippen LogP) is 5.41. The second kappa shape index (κ2) is 9.02. The Bertz CT molecular complexity index is 319. The minimum Gasteiger partial charge on any atom is -0.382 e. The normalized spacial score (nSPS) is 12.4. The largest absolute Gasteiger partial charge is 0.382 e. The third-order valence-corrected chi connectivity index (χ3v) is 3.46. The molecule has 0 fully saturated rings. The van der Waals surface area contributed by atoms with Crippen molar-refractivity contribution in [2.75, 3.05) is 5.32 Å². The number of anilines is 1. The van der Waals surface area contributed by atoms with Crippen LogP contribution in [0.5, 0.6) is 0 Å². The van der Waals surface area contributed by atoms with Crippen LogP contribution in [-0.4, -0.2) is 6.04 Å². The summed E-state index contributed by atoms with van der Waals surface area (Å²) in [5.74, 6) is 0. The van der Waals surface area contributed by atoms with Crippen molar-refractivity contribution < 1.29 is 0 Å². The molecule has 1 heteroatoms. The highest BCUT2D eigenvalue weighted by Gasteiger charge is 2.05. The molecule has 1 rings (SSSR count). The summed E-state index contributed by atoms with van der Waals surface area (Å²) in [4.78, 5) is 0. The van der Waals surface area contributed by atoms with Crippen molar-refractivity contribution in [3.63, 3.8) is 0 Å². The third-order valence-electron chi connectivity index (χ3n) is 3.46. The molecule has 1 N–H and O–H groups in total. The Morgan fingerprint density at radius 2 is 1.72 bits per heavy atom. The first-order valence-electron chi connectivity index (χ1n) is 7.62.